The maximum absolute atomic E-state index is 13.1. The van der Waals surface area contributed by atoms with Crippen LogP contribution in [0.15, 0.2) is 41.8 Å². The molecule has 0 radical (unpaired) electrons. The number of nitrogens with one attached hydrogen (secondary N) is 1. The number of thiophene rings is 1. The van der Waals surface area contributed by atoms with Crippen molar-refractivity contribution in [1.82, 2.24) is 14.8 Å². The van der Waals surface area contributed by atoms with Crippen LogP contribution in [0.1, 0.15) is 33.8 Å². The Morgan fingerprint density at radius 3 is 2.59 bits per heavy atom. The van der Waals surface area contributed by atoms with Gasteiger partial charge in [-0.05, 0) is 31.4 Å². The molecular weight excluding hydrogens is 440 g/mol. The molecule has 3 heterocycles. The van der Waals surface area contributed by atoms with E-state index < -0.39 is 0 Å². The van der Waals surface area contributed by atoms with Gasteiger partial charge in [0.2, 0.25) is 5.91 Å². The lowest BCUT2D eigenvalue weighted by atomic mass is 10.2. The molecule has 1 saturated heterocycles. The molecule has 32 heavy (non-hydrogen) atoms. The van der Waals surface area contributed by atoms with Gasteiger partial charge in [-0.3, -0.25) is 14.5 Å². The second-order valence-electron chi connectivity index (χ2n) is 8.46. The summed E-state index contributed by atoms with van der Waals surface area (Å²) >= 11 is 3.07. The Morgan fingerprint density at radius 1 is 1.12 bits per heavy atom. The highest BCUT2D eigenvalue weighted by Gasteiger charge is 2.30. The molecule has 0 unspecified atom stereocenters. The Labute approximate surface area is 195 Å². The SMILES string of the molecule is Cc1cc(NC(=O)C2CC2)sc1C(=O)N1CCN(Cc2csc(-c3ccccc3)n2)CC1. The van der Waals surface area contributed by atoms with Crippen LogP contribution in [0.4, 0.5) is 5.00 Å². The fraction of sp³-hybridized carbons (Fsp3) is 0.375. The molecule has 0 spiro atoms. The number of hydrogen-bond acceptors (Lipinski definition) is 6. The predicted molar refractivity (Wildman–Crippen MR) is 129 cm³/mol. The summed E-state index contributed by atoms with van der Waals surface area (Å²) < 4.78 is 0. The number of rotatable bonds is 6. The fourth-order valence-corrected chi connectivity index (χ4v) is 5.76. The summed E-state index contributed by atoms with van der Waals surface area (Å²) in [4.78, 5) is 34.9. The summed E-state index contributed by atoms with van der Waals surface area (Å²) in [6, 6.07) is 12.2. The number of amides is 2. The predicted octanol–water partition coefficient (Wildman–Crippen LogP) is 4.49. The molecule has 1 N–H and O–H groups in total. The Morgan fingerprint density at radius 2 is 1.88 bits per heavy atom. The van der Waals surface area contributed by atoms with E-state index in [2.05, 4.69) is 27.7 Å². The minimum absolute atomic E-state index is 0.0686. The average molecular weight is 467 g/mol. The fourth-order valence-electron chi connectivity index (χ4n) is 3.90. The van der Waals surface area contributed by atoms with E-state index in [0.29, 0.717) is 13.1 Å². The number of aromatic nitrogens is 1. The summed E-state index contributed by atoms with van der Waals surface area (Å²) in [6.07, 6.45) is 1.95. The zero-order chi connectivity index (χ0) is 22.1. The van der Waals surface area contributed by atoms with Crippen molar-refractivity contribution in [2.75, 3.05) is 31.5 Å². The van der Waals surface area contributed by atoms with Gasteiger partial charge in [0, 0.05) is 49.6 Å². The first-order valence-corrected chi connectivity index (χ1v) is 12.7. The lowest BCUT2D eigenvalue weighted by Gasteiger charge is -2.34. The van der Waals surface area contributed by atoms with Crippen molar-refractivity contribution >= 4 is 39.5 Å². The minimum Gasteiger partial charge on any atom is -0.335 e. The van der Waals surface area contributed by atoms with Crippen LogP contribution in [-0.4, -0.2) is 52.8 Å². The van der Waals surface area contributed by atoms with E-state index in [-0.39, 0.29) is 17.7 Å². The molecule has 0 atom stereocenters. The van der Waals surface area contributed by atoms with E-state index >= 15 is 0 Å². The molecule has 8 heteroatoms. The first kappa shape index (κ1) is 21.3. The highest BCUT2D eigenvalue weighted by Crippen LogP contribution is 2.33. The molecule has 2 amide bonds. The molecular formula is C24H26N4O2S2. The van der Waals surface area contributed by atoms with Crippen LogP contribution < -0.4 is 5.32 Å². The van der Waals surface area contributed by atoms with E-state index in [1.807, 2.05) is 36.1 Å². The van der Waals surface area contributed by atoms with Gasteiger partial charge in [-0.25, -0.2) is 4.98 Å². The van der Waals surface area contributed by atoms with Crippen molar-refractivity contribution in [1.29, 1.82) is 0 Å². The summed E-state index contributed by atoms with van der Waals surface area (Å²) in [6.45, 7) is 5.82. The number of carbonyl (C=O) groups excluding carboxylic acids is 2. The Bertz CT molecular complexity index is 1110. The summed E-state index contributed by atoms with van der Waals surface area (Å²) in [5.41, 5.74) is 3.17. The van der Waals surface area contributed by atoms with Crippen molar-refractivity contribution in [3.05, 3.63) is 57.9 Å². The molecule has 3 aromatic rings. The largest absolute Gasteiger partial charge is 0.335 e. The summed E-state index contributed by atoms with van der Waals surface area (Å²) in [5.74, 6) is 0.307. The number of carbonyl (C=O) groups is 2. The number of benzene rings is 1. The van der Waals surface area contributed by atoms with Gasteiger partial charge >= 0.3 is 0 Å². The van der Waals surface area contributed by atoms with Crippen molar-refractivity contribution in [2.45, 2.75) is 26.3 Å². The molecule has 1 aliphatic heterocycles. The highest BCUT2D eigenvalue weighted by molar-refractivity contribution is 7.18. The molecule has 166 valence electrons. The maximum Gasteiger partial charge on any atom is 0.264 e. The summed E-state index contributed by atoms with van der Waals surface area (Å²) in [7, 11) is 0. The van der Waals surface area contributed by atoms with Crippen molar-refractivity contribution in [2.24, 2.45) is 5.92 Å². The molecule has 2 fully saturated rings. The molecule has 5 rings (SSSR count). The van der Waals surface area contributed by atoms with Crippen LogP contribution >= 0.6 is 22.7 Å². The topological polar surface area (TPSA) is 65.5 Å². The standard InChI is InChI=1S/C24H26N4O2S2/c1-16-13-20(26-22(29)17-7-8-17)32-21(16)24(30)28-11-9-27(10-12-28)14-19-15-31-23(25-19)18-5-3-2-4-6-18/h2-6,13,15,17H,7-12,14H2,1H3,(H,26,29). The number of anilines is 1. The van der Waals surface area contributed by atoms with E-state index in [1.165, 1.54) is 11.3 Å². The molecule has 1 aliphatic carbocycles. The third-order valence-corrected chi connectivity index (χ3v) is 8.00. The van der Waals surface area contributed by atoms with Gasteiger partial charge in [0.05, 0.1) is 15.6 Å². The second-order valence-corrected chi connectivity index (χ2v) is 10.4. The van der Waals surface area contributed by atoms with Crippen molar-refractivity contribution in [3.63, 3.8) is 0 Å². The third-order valence-electron chi connectivity index (χ3n) is 5.92. The molecule has 1 aromatic carbocycles. The van der Waals surface area contributed by atoms with E-state index in [4.69, 9.17) is 4.98 Å². The zero-order valence-corrected chi connectivity index (χ0v) is 19.7. The van der Waals surface area contributed by atoms with Gasteiger partial charge < -0.3 is 10.2 Å². The van der Waals surface area contributed by atoms with Gasteiger partial charge in [-0.15, -0.1) is 22.7 Å². The highest BCUT2D eigenvalue weighted by atomic mass is 32.1. The van der Waals surface area contributed by atoms with Crippen LogP contribution in [0, 0.1) is 12.8 Å². The van der Waals surface area contributed by atoms with Crippen molar-refractivity contribution in [3.8, 4) is 10.6 Å². The lowest BCUT2D eigenvalue weighted by molar-refractivity contribution is -0.117. The van der Waals surface area contributed by atoms with E-state index in [1.54, 1.807) is 11.3 Å². The van der Waals surface area contributed by atoms with Gasteiger partial charge in [0.1, 0.15) is 5.01 Å². The Balaban J connectivity index is 1.15. The van der Waals surface area contributed by atoms with Crippen LogP contribution in [0.5, 0.6) is 0 Å². The Kier molecular flexibility index (Phi) is 6.08. The molecule has 1 saturated carbocycles. The summed E-state index contributed by atoms with van der Waals surface area (Å²) in [5, 5.41) is 6.92. The monoisotopic (exact) mass is 466 g/mol. The normalized spacial score (nSPS) is 16.8. The van der Waals surface area contributed by atoms with Crippen LogP contribution in [0.2, 0.25) is 0 Å². The van der Waals surface area contributed by atoms with E-state index in [0.717, 1.165) is 64.2 Å². The van der Waals surface area contributed by atoms with Gasteiger partial charge in [-0.1, -0.05) is 30.3 Å². The minimum atomic E-state index is 0.0686. The van der Waals surface area contributed by atoms with Gasteiger partial charge in [-0.2, -0.15) is 0 Å². The molecule has 6 nitrogen and oxygen atoms in total. The third kappa shape index (κ3) is 4.77. The molecule has 2 aromatic heterocycles. The lowest BCUT2D eigenvalue weighted by Crippen LogP contribution is -2.48. The van der Waals surface area contributed by atoms with Crippen LogP contribution in [-0.2, 0) is 11.3 Å². The number of nitrogens with zero attached hydrogens (tertiary/aromatic N) is 3. The van der Waals surface area contributed by atoms with Crippen LogP contribution in [0.3, 0.4) is 0 Å². The number of piperazine rings is 1. The average Bonchev–Trinajstić information content (AvgIpc) is 3.46. The van der Waals surface area contributed by atoms with Crippen molar-refractivity contribution < 1.29 is 9.59 Å². The molecule has 2 aliphatic rings. The first-order valence-electron chi connectivity index (χ1n) is 11.0. The second kappa shape index (κ2) is 9.13. The molecule has 0 bridgehead atoms. The first-order chi connectivity index (χ1) is 15.6. The number of thiazole rings is 1. The number of aryl methyl sites for hydroxylation is 1. The smallest absolute Gasteiger partial charge is 0.264 e. The zero-order valence-electron chi connectivity index (χ0n) is 18.0. The van der Waals surface area contributed by atoms with Gasteiger partial charge in [0.25, 0.3) is 5.91 Å². The Hall–Kier alpha value is -2.55. The van der Waals surface area contributed by atoms with Gasteiger partial charge in [0.15, 0.2) is 0 Å². The van der Waals surface area contributed by atoms with Crippen LogP contribution in [0.25, 0.3) is 10.6 Å². The quantitative estimate of drug-likeness (QED) is 0.582. The number of hydrogen-bond donors (Lipinski definition) is 1. The maximum atomic E-state index is 13.1. The van der Waals surface area contributed by atoms with E-state index in [9.17, 15) is 9.59 Å².